The summed E-state index contributed by atoms with van der Waals surface area (Å²) in [5, 5.41) is 0. The zero-order chi connectivity index (χ0) is 11.1. The molecular formula is C12H14NOP. The van der Waals surface area contributed by atoms with E-state index in [9.17, 15) is 0 Å². The second kappa shape index (κ2) is 6.05. The standard InChI is InChI=1S/C12H14NOP/c1-3-7-11(10-12(4-2)14-15)13-8-5-6-9-13/h3-10H,1-2,15H2/b11-7+,12-10+. The molecule has 0 bridgehead atoms. The smallest absolute Gasteiger partial charge is 0.124 e. The van der Waals surface area contributed by atoms with Crippen molar-refractivity contribution in [3.05, 3.63) is 67.7 Å². The first-order valence-electron chi connectivity index (χ1n) is 4.48. The lowest BCUT2D eigenvalue weighted by molar-refractivity contribution is 0.521. The van der Waals surface area contributed by atoms with Crippen LogP contribution in [0.3, 0.4) is 0 Å². The van der Waals surface area contributed by atoms with Gasteiger partial charge in [0.1, 0.15) is 5.76 Å². The minimum atomic E-state index is 0.682. The van der Waals surface area contributed by atoms with Crippen LogP contribution in [-0.4, -0.2) is 4.57 Å². The Labute approximate surface area is 92.5 Å². The van der Waals surface area contributed by atoms with E-state index < -0.39 is 0 Å². The highest BCUT2D eigenvalue weighted by Crippen LogP contribution is 2.13. The first kappa shape index (κ1) is 11.5. The van der Waals surface area contributed by atoms with Gasteiger partial charge in [-0.2, -0.15) is 0 Å². The Morgan fingerprint density at radius 3 is 2.40 bits per heavy atom. The van der Waals surface area contributed by atoms with Crippen molar-refractivity contribution in [2.24, 2.45) is 0 Å². The summed E-state index contributed by atoms with van der Waals surface area (Å²) in [6, 6.07) is 3.92. The van der Waals surface area contributed by atoms with E-state index in [1.165, 1.54) is 0 Å². The Bertz CT molecular complexity index is 388. The van der Waals surface area contributed by atoms with Crippen molar-refractivity contribution in [2.45, 2.75) is 0 Å². The lowest BCUT2D eigenvalue weighted by Crippen LogP contribution is -1.91. The molecule has 0 radical (unpaired) electrons. The van der Waals surface area contributed by atoms with E-state index in [0.717, 1.165) is 5.70 Å². The summed E-state index contributed by atoms with van der Waals surface area (Å²) in [6.45, 7) is 7.34. The van der Waals surface area contributed by atoms with Gasteiger partial charge in [-0.05, 0) is 24.3 Å². The maximum Gasteiger partial charge on any atom is 0.124 e. The second-order valence-electron chi connectivity index (χ2n) is 2.79. The molecule has 2 nitrogen and oxygen atoms in total. The fourth-order valence-electron chi connectivity index (χ4n) is 1.12. The van der Waals surface area contributed by atoms with Crippen LogP contribution in [-0.2, 0) is 4.52 Å². The Hall–Kier alpha value is -1.53. The molecule has 1 rings (SSSR count). The van der Waals surface area contributed by atoms with Gasteiger partial charge >= 0.3 is 0 Å². The molecule has 0 fully saturated rings. The van der Waals surface area contributed by atoms with Gasteiger partial charge in [-0.25, -0.2) is 0 Å². The van der Waals surface area contributed by atoms with E-state index in [1.54, 1.807) is 12.2 Å². The quantitative estimate of drug-likeness (QED) is 0.420. The topological polar surface area (TPSA) is 14.2 Å². The number of rotatable bonds is 5. The minimum Gasteiger partial charge on any atom is -0.480 e. The summed E-state index contributed by atoms with van der Waals surface area (Å²) in [4.78, 5) is 0. The number of hydrogen-bond donors (Lipinski definition) is 0. The van der Waals surface area contributed by atoms with Crippen LogP contribution in [0.1, 0.15) is 0 Å². The van der Waals surface area contributed by atoms with Crippen molar-refractivity contribution in [2.75, 3.05) is 0 Å². The van der Waals surface area contributed by atoms with Gasteiger partial charge in [0.05, 0.1) is 9.47 Å². The molecule has 0 aliphatic rings. The van der Waals surface area contributed by atoms with E-state index >= 15 is 0 Å². The molecule has 1 atom stereocenters. The van der Waals surface area contributed by atoms with Gasteiger partial charge in [-0.1, -0.05) is 19.2 Å². The number of aromatic nitrogens is 1. The van der Waals surface area contributed by atoms with Gasteiger partial charge in [0.25, 0.3) is 0 Å². The summed E-state index contributed by atoms with van der Waals surface area (Å²) in [5.41, 5.74) is 0.965. The van der Waals surface area contributed by atoms with Crippen LogP contribution >= 0.6 is 9.47 Å². The van der Waals surface area contributed by atoms with Crippen molar-refractivity contribution in [1.82, 2.24) is 4.57 Å². The molecule has 0 amide bonds. The third kappa shape index (κ3) is 3.26. The van der Waals surface area contributed by atoms with Crippen LogP contribution in [0, 0.1) is 0 Å². The zero-order valence-corrected chi connectivity index (χ0v) is 9.62. The highest BCUT2D eigenvalue weighted by Gasteiger charge is 1.96. The highest BCUT2D eigenvalue weighted by atomic mass is 31.0. The predicted octanol–water partition coefficient (Wildman–Crippen LogP) is 3.39. The molecule has 0 saturated heterocycles. The predicted molar refractivity (Wildman–Crippen MR) is 68.0 cm³/mol. The number of nitrogens with zero attached hydrogens (tertiary/aromatic N) is 1. The van der Waals surface area contributed by atoms with Gasteiger partial charge in [-0.3, -0.25) is 0 Å². The van der Waals surface area contributed by atoms with E-state index in [-0.39, 0.29) is 0 Å². The molecule has 0 aliphatic heterocycles. The van der Waals surface area contributed by atoms with Gasteiger partial charge in [0, 0.05) is 24.2 Å². The van der Waals surface area contributed by atoms with Crippen molar-refractivity contribution < 1.29 is 4.52 Å². The van der Waals surface area contributed by atoms with E-state index in [1.807, 2.05) is 41.2 Å². The van der Waals surface area contributed by atoms with Crippen LogP contribution in [0.25, 0.3) is 5.70 Å². The molecule has 1 aromatic heterocycles. The fraction of sp³-hybridized carbons (Fsp3) is 0. The van der Waals surface area contributed by atoms with Crippen molar-refractivity contribution in [3.8, 4) is 0 Å². The molecule has 0 N–H and O–H groups in total. The molecule has 3 heteroatoms. The largest absolute Gasteiger partial charge is 0.480 e. The maximum atomic E-state index is 5.05. The number of allylic oxidation sites excluding steroid dienone is 5. The summed E-state index contributed by atoms with van der Waals surface area (Å²) in [6.07, 6.45) is 11.1. The third-order valence-corrected chi connectivity index (χ3v) is 2.09. The fourth-order valence-corrected chi connectivity index (χ4v) is 1.29. The first-order chi connectivity index (χ1) is 7.31. The van der Waals surface area contributed by atoms with E-state index in [0.29, 0.717) is 5.76 Å². The molecule has 0 aromatic carbocycles. The molecule has 15 heavy (non-hydrogen) atoms. The SMILES string of the molecule is C=C/C=C(\C=C(/C=C)OP)n1cccc1. The second-order valence-corrected chi connectivity index (χ2v) is 3.02. The molecule has 0 spiro atoms. The normalized spacial score (nSPS) is 12.3. The zero-order valence-electron chi connectivity index (χ0n) is 8.47. The molecule has 78 valence electrons. The first-order valence-corrected chi connectivity index (χ1v) is 4.96. The van der Waals surface area contributed by atoms with Crippen LogP contribution in [0.4, 0.5) is 0 Å². The minimum absolute atomic E-state index is 0.682. The Morgan fingerprint density at radius 1 is 1.27 bits per heavy atom. The Balaban J connectivity index is 3.05. The molecule has 1 heterocycles. The van der Waals surface area contributed by atoms with Gasteiger partial charge in [-0.15, -0.1) is 0 Å². The van der Waals surface area contributed by atoms with Crippen molar-refractivity contribution in [1.29, 1.82) is 0 Å². The molecule has 1 aromatic rings. The monoisotopic (exact) mass is 219 g/mol. The van der Waals surface area contributed by atoms with Gasteiger partial charge in [0.15, 0.2) is 0 Å². The summed E-state index contributed by atoms with van der Waals surface area (Å²) in [7, 11) is 2.20. The van der Waals surface area contributed by atoms with Crippen LogP contribution in [0.5, 0.6) is 0 Å². The van der Waals surface area contributed by atoms with E-state index in [2.05, 4.69) is 22.6 Å². The molecule has 1 unspecified atom stereocenters. The van der Waals surface area contributed by atoms with Crippen LogP contribution in [0.15, 0.2) is 67.7 Å². The molecule has 0 saturated carbocycles. The van der Waals surface area contributed by atoms with Crippen LogP contribution < -0.4 is 0 Å². The molecular weight excluding hydrogens is 205 g/mol. The summed E-state index contributed by atoms with van der Waals surface area (Å²) in [5.74, 6) is 0.682. The highest BCUT2D eigenvalue weighted by molar-refractivity contribution is 7.10. The summed E-state index contributed by atoms with van der Waals surface area (Å²) >= 11 is 0. The average molecular weight is 219 g/mol. The number of hydrogen-bond acceptors (Lipinski definition) is 1. The third-order valence-electron chi connectivity index (χ3n) is 1.82. The lowest BCUT2D eigenvalue weighted by atomic mass is 10.3. The van der Waals surface area contributed by atoms with Gasteiger partial charge < -0.3 is 9.09 Å². The van der Waals surface area contributed by atoms with Crippen LogP contribution in [0.2, 0.25) is 0 Å². The molecule has 0 aliphatic carbocycles. The Morgan fingerprint density at radius 2 is 1.93 bits per heavy atom. The summed E-state index contributed by atoms with van der Waals surface area (Å²) < 4.78 is 7.01. The Kier molecular flexibility index (Phi) is 4.65. The van der Waals surface area contributed by atoms with Crippen molar-refractivity contribution in [3.63, 3.8) is 0 Å². The van der Waals surface area contributed by atoms with Crippen molar-refractivity contribution >= 4 is 15.2 Å². The maximum absolute atomic E-state index is 5.05. The average Bonchev–Trinajstić information content (AvgIpc) is 2.77. The lowest BCUT2D eigenvalue weighted by Gasteiger charge is -2.05. The van der Waals surface area contributed by atoms with E-state index in [4.69, 9.17) is 4.52 Å². The van der Waals surface area contributed by atoms with Gasteiger partial charge in [0.2, 0.25) is 0 Å².